The number of ether oxygens (including phenoxy) is 1. The Labute approximate surface area is 157 Å². The molecule has 1 aromatic carbocycles. The number of Topliss-reactive ketones (excluding diaryl/α,β-unsaturated/α-hetero) is 1. The lowest BCUT2D eigenvalue weighted by Gasteiger charge is -2.61. The van der Waals surface area contributed by atoms with Crippen LogP contribution in [-0.2, 0) is 16.6 Å². The third-order valence-electron chi connectivity index (χ3n) is 8.04. The molecule has 26 heavy (non-hydrogen) atoms. The number of carbonyl (C=O) groups is 1. The molecule has 3 heteroatoms. The molecule has 1 aliphatic heterocycles. The number of benzene rings is 1. The zero-order valence-electron chi connectivity index (χ0n) is 16.2. The summed E-state index contributed by atoms with van der Waals surface area (Å²) in [7, 11) is 1.75. The molecule has 0 amide bonds. The maximum absolute atomic E-state index is 12.7. The zero-order chi connectivity index (χ0) is 17.9. The van der Waals surface area contributed by atoms with E-state index in [-0.39, 0.29) is 5.41 Å². The fourth-order valence-electron chi connectivity index (χ4n) is 6.76. The molecule has 0 aromatic heterocycles. The van der Waals surface area contributed by atoms with E-state index in [1.165, 1.54) is 36.9 Å². The SMILES string of the molecule is COc1ccc2c(c1)C13CCN(CC4CCC4)C(C2)C1[C@@H](C)CC(=O)C3. The van der Waals surface area contributed by atoms with Gasteiger partial charge in [0.25, 0.3) is 0 Å². The van der Waals surface area contributed by atoms with E-state index in [2.05, 4.69) is 30.0 Å². The first-order valence-electron chi connectivity index (χ1n) is 10.5. The molecule has 1 aromatic rings. The minimum Gasteiger partial charge on any atom is -0.497 e. The van der Waals surface area contributed by atoms with Gasteiger partial charge in [-0.1, -0.05) is 19.4 Å². The van der Waals surface area contributed by atoms with Crippen molar-refractivity contribution in [3.63, 3.8) is 0 Å². The largest absolute Gasteiger partial charge is 0.497 e. The third kappa shape index (κ3) is 2.39. The minimum atomic E-state index is 0.0532. The van der Waals surface area contributed by atoms with Gasteiger partial charge in [-0.3, -0.25) is 9.69 Å². The fourth-order valence-corrected chi connectivity index (χ4v) is 6.76. The van der Waals surface area contributed by atoms with Crippen molar-refractivity contribution in [2.45, 2.75) is 63.3 Å². The molecule has 3 aliphatic carbocycles. The van der Waals surface area contributed by atoms with Crippen molar-refractivity contribution in [2.24, 2.45) is 17.8 Å². The van der Waals surface area contributed by atoms with Crippen LogP contribution in [0.1, 0.15) is 56.6 Å². The number of piperidine rings is 1. The van der Waals surface area contributed by atoms with Crippen LogP contribution in [0.15, 0.2) is 18.2 Å². The monoisotopic (exact) mass is 353 g/mol. The normalized spacial score (nSPS) is 36.8. The smallest absolute Gasteiger partial charge is 0.134 e. The van der Waals surface area contributed by atoms with Gasteiger partial charge in [0, 0.05) is 30.8 Å². The Morgan fingerprint density at radius 3 is 2.85 bits per heavy atom. The maximum Gasteiger partial charge on any atom is 0.134 e. The minimum absolute atomic E-state index is 0.0532. The summed E-state index contributed by atoms with van der Waals surface area (Å²) in [5.41, 5.74) is 2.95. The summed E-state index contributed by atoms with van der Waals surface area (Å²) < 4.78 is 5.55. The standard InChI is InChI=1S/C23H31NO2/c1-15-10-18(25)13-23-8-9-24(14-16-4-3-5-16)21(22(15)23)11-17-6-7-19(26-2)12-20(17)23/h6-7,12,15-16,21-22H,3-5,8-11,13-14H2,1-2H3/t15-,21?,22?,23?/m0/s1. The molecule has 4 aliphatic rings. The zero-order valence-corrected chi connectivity index (χ0v) is 16.2. The van der Waals surface area contributed by atoms with Crippen LogP contribution < -0.4 is 4.74 Å². The number of rotatable bonds is 3. The van der Waals surface area contributed by atoms with E-state index in [0.717, 1.165) is 43.9 Å². The van der Waals surface area contributed by atoms with E-state index in [0.29, 0.717) is 23.7 Å². The van der Waals surface area contributed by atoms with E-state index in [4.69, 9.17) is 4.74 Å². The summed E-state index contributed by atoms with van der Waals surface area (Å²) in [5, 5.41) is 0. The van der Waals surface area contributed by atoms with Gasteiger partial charge in [0.15, 0.2) is 0 Å². The summed E-state index contributed by atoms with van der Waals surface area (Å²) >= 11 is 0. The fraction of sp³-hybridized carbons (Fsp3) is 0.696. The number of nitrogens with zero attached hydrogens (tertiary/aromatic N) is 1. The third-order valence-corrected chi connectivity index (χ3v) is 8.04. The second kappa shape index (κ2) is 6.09. The number of ketones is 1. The van der Waals surface area contributed by atoms with E-state index in [9.17, 15) is 4.79 Å². The van der Waals surface area contributed by atoms with Crippen molar-refractivity contribution in [1.29, 1.82) is 0 Å². The molecule has 3 fully saturated rings. The highest BCUT2D eigenvalue weighted by molar-refractivity contribution is 5.82. The van der Waals surface area contributed by atoms with E-state index in [1.54, 1.807) is 7.11 Å². The number of methoxy groups -OCH3 is 1. The summed E-state index contributed by atoms with van der Waals surface area (Å²) in [4.78, 5) is 15.5. The second-order valence-electron chi connectivity index (χ2n) is 9.42. The summed E-state index contributed by atoms with van der Waals surface area (Å²) in [6.07, 6.45) is 8.06. The second-order valence-corrected chi connectivity index (χ2v) is 9.42. The molecule has 2 bridgehead atoms. The first-order chi connectivity index (χ1) is 12.6. The van der Waals surface area contributed by atoms with E-state index >= 15 is 0 Å². The van der Waals surface area contributed by atoms with Crippen LogP contribution in [-0.4, -0.2) is 36.9 Å². The van der Waals surface area contributed by atoms with Gasteiger partial charge in [-0.2, -0.15) is 0 Å². The Morgan fingerprint density at radius 2 is 2.12 bits per heavy atom. The first kappa shape index (κ1) is 16.8. The number of hydrogen-bond acceptors (Lipinski definition) is 3. The van der Waals surface area contributed by atoms with Crippen molar-refractivity contribution in [3.05, 3.63) is 29.3 Å². The molecule has 4 atom stereocenters. The molecule has 5 rings (SSSR count). The van der Waals surface area contributed by atoms with Crippen LogP contribution in [0.2, 0.25) is 0 Å². The highest BCUT2D eigenvalue weighted by Gasteiger charge is 2.58. The highest BCUT2D eigenvalue weighted by atomic mass is 16.5. The van der Waals surface area contributed by atoms with Gasteiger partial charge in [0.2, 0.25) is 0 Å². The molecule has 0 N–H and O–H groups in total. The number of likely N-dealkylation sites (tertiary alicyclic amines) is 1. The lowest BCUT2D eigenvalue weighted by Crippen LogP contribution is -2.64. The lowest BCUT2D eigenvalue weighted by molar-refractivity contribution is -0.131. The van der Waals surface area contributed by atoms with Gasteiger partial charge in [0.1, 0.15) is 11.5 Å². The highest BCUT2D eigenvalue weighted by Crippen LogP contribution is 2.57. The van der Waals surface area contributed by atoms with Gasteiger partial charge in [-0.05, 0) is 73.2 Å². The summed E-state index contributed by atoms with van der Waals surface area (Å²) in [6, 6.07) is 7.25. The lowest BCUT2D eigenvalue weighted by atomic mass is 9.49. The molecule has 2 saturated carbocycles. The Hall–Kier alpha value is -1.35. The molecule has 140 valence electrons. The van der Waals surface area contributed by atoms with Crippen LogP contribution in [0, 0.1) is 17.8 Å². The predicted molar refractivity (Wildman–Crippen MR) is 103 cm³/mol. The average molecular weight is 354 g/mol. The Bertz CT molecular complexity index is 725. The van der Waals surface area contributed by atoms with Crippen molar-refractivity contribution in [1.82, 2.24) is 4.90 Å². The average Bonchev–Trinajstić information content (AvgIpc) is 2.58. The van der Waals surface area contributed by atoms with Crippen molar-refractivity contribution in [2.75, 3.05) is 20.2 Å². The topological polar surface area (TPSA) is 29.5 Å². The molecule has 3 unspecified atom stereocenters. The molecule has 0 spiro atoms. The Kier molecular flexibility index (Phi) is 3.93. The van der Waals surface area contributed by atoms with Gasteiger partial charge >= 0.3 is 0 Å². The van der Waals surface area contributed by atoms with E-state index < -0.39 is 0 Å². The van der Waals surface area contributed by atoms with E-state index in [1.807, 2.05) is 0 Å². The first-order valence-corrected chi connectivity index (χ1v) is 10.5. The number of hydrogen-bond donors (Lipinski definition) is 0. The Balaban J connectivity index is 1.58. The molecule has 1 heterocycles. The summed E-state index contributed by atoms with van der Waals surface area (Å²) in [6.45, 7) is 4.78. The number of fused-ring (bicyclic) bond motifs is 1. The molecule has 1 saturated heterocycles. The van der Waals surface area contributed by atoms with Gasteiger partial charge in [-0.25, -0.2) is 0 Å². The van der Waals surface area contributed by atoms with Crippen molar-refractivity contribution < 1.29 is 9.53 Å². The Morgan fingerprint density at radius 1 is 1.27 bits per heavy atom. The van der Waals surface area contributed by atoms with Crippen molar-refractivity contribution in [3.8, 4) is 5.75 Å². The molecule has 0 radical (unpaired) electrons. The van der Waals surface area contributed by atoms with Crippen LogP contribution in [0.3, 0.4) is 0 Å². The number of carbonyl (C=O) groups excluding carboxylic acids is 1. The van der Waals surface area contributed by atoms with Crippen LogP contribution >= 0.6 is 0 Å². The molecular weight excluding hydrogens is 322 g/mol. The predicted octanol–water partition coefficient (Wildman–Crippen LogP) is 3.98. The van der Waals surface area contributed by atoms with Gasteiger partial charge in [0.05, 0.1) is 7.11 Å². The van der Waals surface area contributed by atoms with Crippen LogP contribution in [0.25, 0.3) is 0 Å². The quantitative estimate of drug-likeness (QED) is 0.823. The maximum atomic E-state index is 12.7. The summed E-state index contributed by atoms with van der Waals surface area (Å²) in [5.74, 6) is 3.44. The van der Waals surface area contributed by atoms with Gasteiger partial charge < -0.3 is 4.74 Å². The van der Waals surface area contributed by atoms with Crippen LogP contribution in [0.5, 0.6) is 5.75 Å². The molecular formula is C23H31NO2. The van der Waals surface area contributed by atoms with Crippen LogP contribution in [0.4, 0.5) is 0 Å². The molecule has 3 nitrogen and oxygen atoms in total. The van der Waals surface area contributed by atoms with Crippen molar-refractivity contribution >= 4 is 5.78 Å². The van der Waals surface area contributed by atoms with Gasteiger partial charge in [-0.15, -0.1) is 0 Å².